The second-order valence-electron chi connectivity index (χ2n) is 6.77. The summed E-state index contributed by atoms with van der Waals surface area (Å²) in [6.07, 6.45) is 4.62. The van der Waals surface area contributed by atoms with Crippen LogP contribution in [0.2, 0.25) is 0 Å². The lowest BCUT2D eigenvalue weighted by Crippen LogP contribution is -2.42. The van der Waals surface area contributed by atoms with E-state index in [9.17, 15) is 18.0 Å². The highest BCUT2D eigenvalue weighted by Crippen LogP contribution is 2.24. The maximum atomic E-state index is 12.4. The third-order valence-electron chi connectivity index (χ3n) is 4.85. The Morgan fingerprint density at radius 2 is 1.73 bits per heavy atom. The Balaban J connectivity index is 1.64. The predicted molar refractivity (Wildman–Crippen MR) is 99.6 cm³/mol. The van der Waals surface area contributed by atoms with Crippen LogP contribution in [0.1, 0.15) is 42.5 Å². The third kappa shape index (κ3) is 4.35. The normalized spacial score (nSPS) is 19.8. The topological polar surface area (TPSA) is 86.8 Å². The number of anilines is 1. The molecule has 1 N–H and O–H groups in total. The minimum Gasteiger partial charge on any atom is -0.343 e. The van der Waals surface area contributed by atoms with Gasteiger partial charge in [0.1, 0.15) is 0 Å². The van der Waals surface area contributed by atoms with Gasteiger partial charge in [0.25, 0.3) is 5.91 Å². The number of carbonyl (C=O) groups is 2. The summed E-state index contributed by atoms with van der Waals surface area (Å²) in [7, 11) is -3.32. The molecule has 2 aliphatic rings. The van der Waals surface area contributed by atoms with Crippen molar-refractivity contribution in [3.05, 3.63) is 29.8 Å². The molecule has 2 amide bonds. The number of nitrogens with one attached hydrogen (secondary N) is 1. The van der Waals surface area contributed by atoms with Gasteiger partial charge in [0, 0.05) is 25.2 Å². The minimum atomic E-state index is -3.32. The van der Waals surface area contributed by atoms with Crippen LogP contribution >= 0.6 is 0 Å². The molecule has 0 aliphatic carbocycles. The molecule has 142 valence electrons. The van der Waals surface area contributed by atoms with Gasteiger partial charge in [-0.3, -0.25) is 13.9 Å². The Morgan fingerprint density at radius 3 is 2.46 bits per heavy atom. The molecule has 26 heavy (non-hydrogen) atoms. The number of sulfonamides is 1. The van der Waals surface area contributed by atoms with Gasteiger partial charge in [0.15, 0.2) is 0 Å². The molecule has 0 atom stereocenters. The first-order chi connectivity index (χ1) is 12.5. The van der Waals surface area contributed by atoms with Crippen LogP contribution in [0.3, 0.4) is 0 Å². The molecular formula is C18H25N3O4S. The van der Waals surface area contributed by atoms with Gasteiger partial charge in [0.05, 0.1) is 18.0 Å². The lowest BCUT2D eigenvalue weighted by Gasteiger charge is -2.28. The summed E-state index contributed by atoms with van der Waals surface area (Å²) in [6, 6.07) is 6.56. The molecule has 0 saturated carbocycles. The van der Waals surface area contributed by atoms with Crippen LogP contribution < -0.4 is 9.62 Å². The van der Waals surface area contributed by atoms with E-state index in [4.69, 9.17) is 0 Å². The number of carbonyl (C=O) groups excluding carboxylic acids is 2. The molecule has 8 heteroatoms. The second-order valence-corrected chi connectivity index (χ2v) is 8.78. The highest BCUT2D eigenvalue weighted by atomic mass is 32.2. The Labute approximate surface area is 154 Å². The van der Waals surface area contributed by atoms with E-state index in [0.717, 1.165) is 38.8 Å². The average Bonchev–Trinajstić information content (AvgIpc) is 2.66. The Kier molecular flexibility index (Phi) is 5.80. The maximum absolute atomic E-state index is 12.4. The van der Waals surface area contributed by atoms with Crippen LogP contribution in [-0.4, -0.2) is 57.1 Å². The fourth-order valence-electron chi connectivity index (χ4n) is 3.39. The van der Waals surface area contributed by atoms with E-state index in [-0.39, 0.29) is 24.1 Å². The lowest BCUT2D eigenvalue weighted by molar-refractivity contribution is -0.130. The Hall–Kier alpha value is -2.09. The van der Waals surface area contributed by atoms with Crippen molar-refractivity contribution >= 4 is 27.5 Å². The zero-order valence-electron chi connectivity index (χ0n) is 14.8. The molecule has 7 nitrogen and oxygen atoms in total. The Bertz CT molecular complexity index is 772. The quantitative estimate of drug-likeness (QED) is 0.856. The number of nitrogens with zero attached hydrogens (tertiary/aromatic N) is 2. The van der Waals surface area contributed by atoms with Gasteiger partial charge in [0.2, 0.25) is 15.9 Å². The molecule has 1 aromatic rings. The van der Waals surface area contributed by atoms with Crippen molar-refractivity contribution < 1.29 is 18.0 Å². The maximum Gasteiger partial charge on any atom is 0.251 e. The fraction of sp³-hybridized carbons (Fsp3) is 0.556. The molecule has 0 bridgehead atoms. The summed E-state index contributed by atoms with van der Waals surface area (Å²) in [5, 5.41) is 2.65. The highest BCUT2D eigenvalue weighted by Gasteiger charge is 2.26. The average molecular weight is 379 g/mol. The molecule has 2 fully saturated rings. The van der Waals surface area contributed by atoms with Gasteiger partial charge >= 0.3 is 0 Å². The highest BCUT2D eigenvalue weighted by molar-refractivity contribution is 7.92. The van der Waals surface area contributed by atoms with E-state index in [1.807, 2.05) is 0 Å². The van der Waals surface area contributed by atoms with Crippen LogP contribution in [0.25, 0.3) is 0 Å². The molecule has 2 heterocycles. The van der Waals surface area contributed by atoms with E-state index < -0.39 is 10.0 Å². The monoisotopic (exact) mass is 379 g/mol. The molecule has 2 saturated heterocycles. The van der Waals surface area contributed by atoms with Gasteiger partial charge in [-0.15, -0.1) is 0 Å². The number of hydrogen-bond donors (Lipinski definition) is 1. The zero-order valence-corrected chi connectivity index (χ0v) is 15.6. The summed E-state index contributed by atoms with van der Waals surface area (Å²) in [6.45, 7) is 1.89. The first-order valence-corrected chi connectivity index (χ1v) is 10.7. The molecule has 0 spiro atoms. The molecule has 2 aliphatic heterocycles. The van der Waals surface area contributed by atoms with Crippen LogP contribution in [-0.2, 0) is 14.8 Å². The number of likely N-dealkylation sites (tertiary alicyclic amines) is 1. The summed E-state index contributed by atoms with van der Waals surface area (Å²) in [5.74, 6) is -0.312. The standard InChI is InChI=1S/C18H25N3O4S/c22-17(20-9-2-1-3-10-20)14-19-18(23)15-7-6-8-16(13-15)21-11-4-5-12-26(21,24)25/h6-8,13H,1-5,9-12,14H2,(H,19,23). The van der Waals surface area contributed by atoms with E-state index in [1.54, 1.807) is 29.2 Å². The first-order valence-electron chi connectivity index (χ1n) is 9.14. The second kappa shape index (κ2) is 8.07. The van der Waals surface area contributed by atoms with E-state index >= 15 is 0 Å². The molecular weight excluding hydrogens is 354 g/mol. The first kappa shape index (κ1) is 18.7. The smallest absolute Gasteiger partial charge is 0.251 e. The predicted octanol–water partition coefficient (Wildman–Crippen LogP) is 1.36. The van der Waals surface area contributed by atoms with E-state index in [0.29, 0.717) is 24.2 Å². The van der Waals surface area contributed by atoms with Crippen molar-refractivity contribution in [3.8, 4) is 0 Å². The number of amides is 2. The van der Waals surface area contributed by atoms with Gasteiger partial charge < -0.3 is 10.2 Å². The van der Waals surface area contributed by atoms with Crippen LogP contribution in [0, 0.1) is 0 Å². The van der Waals surface area contributed by atoms with Crippen molar-refractivity contribution in [2.45, 2.75) is 32.1 Å². The number of hydrogen-bond acceptors (Lipinski definition) is 4. The largest absolute Gasteiger partial charge is 0.343 e. The third-order valence-corrected chi connectivity index (χ3v) is 6.72. The number of rotatable bonds is 4. The summed E-state index contributed by atoms with van der Waals surface area (Å²) >= 11 is 0. The molecule has 1 aromatic carbocycles. The molecule has 0 radical (unpaired) electrons. The van der Waals surface area contributed by atoms with Gasteiger partial charge in [-0.2, -0.15) is 0 Å². The minimum absolute atomic E-state index is 0.0366. The molecule has 3 rings (SSSR count). The molecule has 0 aromatic heterocycles. The van der Waals surface area contributed by atoms with Crippen molar-refractivity contribution in [3.63, 3.8) is 0 Å². The van der Waals surface area contributed by atoms with Crippen LogP contribution in [0.4, 0.5) is 5.69 Å². The van der Waals surface area contributed by atoms with Crippen molar-refractivity contribution in [1.82, 2.24) is 10.2 Å². The van der Waals surface area contributed by atoms with Crippen LogP contribution in [0.5, 0.6) is 0 Å². The van der Waals surface area contributed by atoms with Crippen LogP contribution in [0.15, 0.2) is 24.3 Å². The Morgan fingerprint density at radius 1 is 1.00 bits per heavy atom. The van der Waals surface area contributed by atoms with E-state index in [1.165, 1.54) is 4.31 Å². The number of benzene rings is 1. The van der Waals surface area contributed by atoms with Gasteiger partial charge in [-0.1, -0.05) is 6.07 Å². The molecule has 0 unspecified atom stereocenters. The van der Waals surface area contributed by atoms with Gasteiger partial charge in [-0.25, -0.2) is 8.42 Å². The summed E-state index contributed by atoms with van der Waals surface area (Å²) < 4.78 is 25.8. The van der Waals surface area contributed by atoms with Crippen molar-refractivity contribution in [1.29, 1.82) is 0 Å². The van der Waals surface area contributed by atoms with Crippen molar-refractivity contribution in [2.24, 2.45) is 0 Å². The SMILES string of the molecule is O=C(NCC(=O)N1CCCCC1)c1cccc(N2CCCCS2(=O)=O)c1. The van der Waals surface area contributed by atoms with E-state index in [2.05, 4.69) is 5.32 Å². The summed E-state index contributed by atoms with van der Waals surface area (Å²) in [4.78, 5) is 26.3. The van der Waals surface area contributed by atoms with Gasteiger partial charge in [-0.05, 0) is 50.3 Å². The fourth-order valence-corrected chi connectivity index (χ4v) is 5.03. The lowest BCUT2D eigenvalue weighted by atomic mass is 10.1. The summed E-state index contributed by atoms with van der Waals surface area (Å²) in [5.41, 5.74) is 0.856. The zero-order chi connectivity index (χ0) is 18.6. The van der Waals surface area contributed by atoms with Crippen molar-refractivity contribution in [2.75, 3.05) is 36.2 Å². The number of piperidine rings is 1.